The van der Waals surface area contributed by atoms with Crippen LogP contribution < -0.4 is 5.73 Å². The van der Waals surface area contributed by atoms with E-state index in [9.17, 15) is 13.2 Å². The highest BCUT2D eigenvalue weighted by molar-refractivity contribution is 7.91. The molecular formula is C13H23NO4S. The Morgan fingerprint density at radius 1 is 1.37 bits per heavy atom. The molecule has 2 N–H and O–H groups in total. The van der Waals surface area contributed by atoms with Crippen LogP contribution in [0.2, 0.25) is 0 Å². The Kier molecular flexibility index (Phi) is 4.20. The molecule has 110 valence electrons. The van der Waals surface area contributed by atoms with Crippen molar-refractivity contribution in [2.45, 2.75) is 44.6 Å². The highest BCUT2D eigenvalue weighted by atomic mass is 32.2. The number of sulfone groups is 1. The third kappa shape index (κ3) is 2.94. The molecular weight excluding hydrogens is 266 g/mol. The Bertz CT molecular complexity index is 442. The zero-order valence-corrected chi connectivity index (χ0v) is 12.2. The number of carbonyl (C=O) groups excluding carboxylic acids is 1. The summed E-state index contributed by atoms with van der Waals surface area (Å²) < 4.78 is 28.3. The molecule has 1 aliphatic carbocycles. The molecule has 5 nitrogen and oxygen atoms in total. The molecule has 6 heteroatoms. The fourth-order valence-electron chi connectivity index (χ4n) is 3.56. The number of carbonyl (C=O) groups is 1. The maximum Gasteiger partial charge on any atom is 0.313 e. The van der Waals surface area contributed by atoms with Crippen LogP contribution in [0.25, 0.3) is 0 Å². The lowest BCUT2D eigenvalue weighted by atomic mass is 9.71. The highest BCUT2D eigenvalue weighted by Crippen LogP contribution is 2.43. The van der Waals surface area contributed by atoms with E-state index < -0.39 is 21.3 Å². The molecule has 0 radical (unpaired) electrons. The lowest BCUT2D eigenvalue weighted by Crippen LogP contribution is -2.56. The van der Waals surface area contributed by atoms with Gasteiger partial charge >= 0.3 is 5.97 Å². The van der Waals surface area contributed by atoms with E-state index in [0.29, 0.717) is 18.8 Å². The van der Waals surface area contributed by atoms with Crippen LogP contribution >= 0.6 is 0 Å². The highest BCUT2D eigenvalue weighted by Gasteiger charge is 2.51. The summed E-state index contributed by atoms with van der Waals surface area (Å²) in [6, 6.07) is -0.640. The quantitative estimate of drug-likeness (QED) is 0.779. The molecule has 2 unspecified atom stereocenters. The van der Waals surface area contributed by atoms with Gasteiger partial charge in [-0.05, 0) is 18.8 Å². The van der Waals surface area contributed by atoms with Gasteiger partial charge in [0.2, 0.25) is 0 Å². The van der Waals surface area contributed by atoms with E-state index in [1.54, 1.807) is 0 Å². The van der Waals surface area contributed by atoms with Crippen LogP contribution in [-0.2, 0) is 19.4 Å². The average Bonchev–Trinajstić information content (AvgIpc) is 2.84. The van der Waals surface area contributed by atoms with E-state index in [0.717, 1.165) is 12.8 Å². The Hall–Kier alpha value is -0.620. The maximum absolute atomic E-state index is 12.2. The number of ether oxygens (including phenoxy) is 1. The first kappa shape index (κ1) is 14.8. The summed E-state index contributed by atoms with van der Waals surface area (Å²) in [5.74, 6) is 0.0879. The van der Waals surface area contributed by atoms with Gasteiger partial charge in [0, 0.05) is 6.04 Å². The van der Waals surface area contributed by atoms with Crippen LogP contribution in [-0.4, -0.2) is 39.0 Å². The molecule has 2 aliphatic rings. The van der Waals surface area contributed by atoms with Gasteiger partial charge in [-0.1, -0.05) is 25.7 Å². The van der Waals surface area contributed by atoms with Crippen molar-refractivity contribution in [3.63, 3.8) is 0 Å². The SMILES string of the molecule is COC(=O)C1(CC2CCCC2)CCS(=O)(=O)CC1N. The van der Waals surface area contributed by atoms with Gasteiger partial charge < -0.3 is 10.5 Å². The summed E-state index contributed by atoms with van der Waals surface area (Å²) in [7, 11) is -1.76. The van der Waals surface area contributed by atoms with E-state index in [2.05, 4.69) is 0 Å². The maximum atomic E-state index is 12.2. The molecule has 0 aromatic heterocycles. The minimum Gasteiger partial charge on any atom is -0.469 e. The second kappa shape index (κ2) is 5.40. The Morgan fingerprint density at radius 2 is 2.00 bits per heavy atom. The van der Waals surface area contributed by atoms with E-state index in [4.69, 9.17) is 10.5 Å². The molecule has 2 rings (SSSR count). The van der Waals surface area contributed by atoms with E-state index in [1.165, 1.54) is 20.0 Å². The Labute approximate surface area is 114 Å². The first-order valence-electron chi connectivity index (χ1n) is 6.94. The fraction of sp³-hybridized carbons (Fsp3) is 0.923. The molecule has 2 fully saturated rings. The summed E-state index contributed by atoms with van der Waals surface area (Å²) in [6.45, 7) is 0. The molecule has 0 bridgehead atoms. The van der Waals surface area contributed by atoms with E-state index in [1.807, 2.05) is 0 Å². The molecule has 1 heterocycles. The second-order valence-electron chi connectivity index (χ2n) is 5.97. The normalized spacial score (nSPS) is 35.2. The fourth-order valence-corrected chi connectivity index (χ4v) is 5.27. The topological polar surface area (TPSA) is 86.5 Å². The Balaban J connectivity index is 2.22. The predicted octanol–water partition coefficient (Wildman–Crippen LogP) is 0.872. The van der Waals surface area contributed by atoms with Crippen LogP contribution in [0.3, 0.4) is 0 Å². The smallest absolute Gasteiger partial charge is 0.313 e. The summed E-state index contributed by atoms with van der Waals surface area (Å²) in [4.78, 5) is 12.2. The minimum absolute atomic E-state index is 0.0442. The summed E-state index contributed by atoms with van der Waals surface area (Å²) in [5, 5.41) is 0. The summed E-state index contributed by atoms with van der Waals surface area (Å²) >= 11 is 0. The lowest BCUT2D eigenvalue weighted by Gasteiger charge is -2.41. The molecule has 0 aromatic carbocycles. The van der Waals surface area contributed by atoms with Crippen molar-refractivity contribution >= 4 is 15.8 Å². The number of hydrogen-bond donors (Lipinski definition) is 1. The van der Waals surface area contributed by atoms with Gasteiger partial charge in [0.1, 0.15) is 0 Å². The molecule has 1 aliphatic heterocycles. The number of methoxy groups -OCH3 is 1. The van der Waals surface area contributed by atoms with Crippen LogP contribution in [0.1, 0.15) is 38.5 Å². The molecule has 1 saturated heterocycles. The first-order chi connectivity index (χ1) is 8.89. The van der Waals surface area contributed by atoms with Gasteiger partial charge in [0.05, 0.1) is 24.0 Å². The van der Waals surface area contributed by atoms with Crippen LogP contribution in [0, 0.1) is 11.3 Å². The third-order valence-electron chi connectivity index (χ3n) is 4.72. The van der Waals surface area contributed by atoms with Gasteiger partial charge in [-0.15, -0.1) is 0 Å². The summed E-state index contributed by atoms with van der Waals surface area (Å²) in [5.41, 5.74) is 5.27. The van der Waals surface area contributed by atoms with Gasteiger partial charge in [-0.3, -0.25) is 4.79 Å². The molecule has 0 amide bonds. The zero-order valence-electron chi connectivity index (χ0n) is 11.4. The van der Waals surface area contributed by atoms with Gasteiger partial charge in [-0.2, -0.15) is 0 Å². The van der Waals surface area contributed by atoms with Crippen molar-refractivity contribution in [2.24, 2.45) is 17.1 Å². The van der Waals surface area contributed by atoms with Crippen LogP contribution in [0.4, 0.5) is 0 Å². The van der Waals surface area contributed by atoms with Crippen LogP contribution in [0.15, 0.2) is 0 Å². The lowest BCUT2D eigenvalue weighted by molar-refractivity contribution is -0.155. The zero-order chi connectivity index (χ0) is 14.1. The van der Waals surface area contributed by atoms with Gasteiger partial charge in [0.25, 0.3) is 0 Å². The number of hydrogen-bond acceptors (Lipinski definition) is 5. The average molecular weight is 289 g/mol. The van der Waals surface area contributed by atoms with Crippen molar-refractivity contribution in [3.8, 4) is 0 Å². The van der Waals surface area contributed by atoms with E-state index >= 15 is 0 Å². The molecule has 2 atom stereocenters. The van der Waals surface area contributed by atoms with Gasteiger partial charge in [-0.25, -0.2) is 8.42 Å². The number of rotatable bonds is 3. The first-order valence-corrected chi connectivity index (χ1v) is 8.76. The molecule has 19 heavy (non-hydrogen) atoms. The van der Waals surface area contributed by atoms with Crippen molar-refractivity contribution in [1.29, 1.82) is 0 Å². The van der Waals surface area contributed by atoms with Crippen LogP contribution in [0.5, 0.6) is 0 Å². The second-order valence-corrected chi connectivity index (χ2v) is 8.20. The standard InChI is InChI=1S/C13H23NO4S/c1-18-12(15)13(8-10-4-2-3-5-10)6-7-19(16,17)9-11(13)14/h10-11H,2-9,14H2,1H3. The van der Waals surface area contributed by atoms with Crippen molar-refractivity contribution in [2.75, 3.05) is 18.6 Å². The largest absolute Gasteiger partial charge is 0.469 e. The third-order valence-corrected chi connectivity index (χ3v) is 6.42. The Morgan fingerprint density at radius 3 is 2.53 bits per heavy atom. The number of nitrogens with two attached hydrogens (primary N) is 1. The van der Waals surface area contributed by atoms with Gasteiger partial charge in [0.15, 0.2) is 9.84 Å². The summed E-state index contributed by atoms with van der Waals surface area (Å²) in [6.07, 6.45) is 5.58. The predicted molar refractivity (Wildman–Crippen MR) is 72.3 cm³/mol. The molecule has 0 aromatic rings. The number of esters is 1. The van der Waals surface area contributed by atoms with Crippen molar-refractivity contribution < 1.29 is 17.9 Å². The van der Waals surface area contributed by atoms with E-state index in [-0.39, 0.29) is 17.5 Å². The molecule has 1 saturated carbocycles. The van der Waals surface area contributed by atoms with Crippen molar-refractivity contribution in [1.82, 2.24) is 0 Å². The molecule has 0 spiro atoms. The monoisotopic (exact) mass is 289 g/mol. The van der Waals surface area contributed by atoms with Crippen molar-refractivity contribution in [3.05, 3.63) is 0 Å². The minimum atomic E-state index is -3.11.